The van der Waals surface area contributed by atoms with Gasteiger partial charge >= 0.3 is 5.97 Å². The van der Waals surface area contributed by atoms with Crippen molar-refractivity contribution in [2.45, 2.75) is 26.4 Å². The first-order valence-corrected chi connectivity index (χ1v) is 10.0. The third-order valence-corrected chi connectivity index (χ3v) is 4.33. The summed E-state index contributed by atoms with van der Waals surface area (Å²) in [6.07, 6.45) is 0.853. The van der Waals surface area contributed by atoms with Gasteiger partial charge in [0, 0.05) is 5.56 Å². The Labute approximate surface area is 153 Å². The van der Waals surface area contributed by atoms with Crippen LogP contribution in [0.2, 0.25) is 0 Å². The van der Waals surface area contributed by atoms with Gasteiger partial charge in [-0.05, 0) is 31.0 Å². The van der Waals surface area contributed by atoms with E-state index >= 15 is 0 Å². The van der Waals surface area contributed by atoms with E-state index in [2.05, 4.69) is 4.72 Å². The first kappa shape index (κ1) is 19.7. The summed E-state index contributed by atoms with van der Waals surface area (Å²) in [5, 5.41) is 0. The molecule has 0 aromatic heterocycles. The van der Waals surface area contributed by atoms with Crippen LogP contribution in [-0.4, -0.2) is 32.5 Å². The van der Waals surface area contributed by atoms with E-state index in [0.29, 0.717) is 5.56 Å². The topological polar surface area (TPSA) is 89.5 Å². The lowest BCUT2D eigenvalue weighted by atomic mass is 10.0. The van der Waals surface area contributed by atoms with Gasteiger partial charge in [-0.3, -0.25) is 9.52 Å². The highest BCUT2D eigenvalue weighted by Gasteiger charge is 2.22. The maximum absolute atomic E-state index is 12.4. The average Bonchev–Trinajstić information content (AvgIpc) is 2.60. The number of ether oxygens (including phenoxy) is 1. The average molecular weight is 375 g/mol. The van der Waals surface area contributed by atoms with Gasteiger partial charge in [-0.25, -0.2) is 13.2 Å². The highest BCUT2D eigenvalue weighted by atomic mass is 32.2. The van der Waals surface area contributed by atoms with Gasteiger partial charge in [-0.15, -0.1) is 0 Å². The van der Waals surface area contributed by atoms with E-state index in [0.717, 1.165) is 18.2 Å². The summed E-state index contributed by atoms with van der Waals surface area (Å²) in [5.74, 6) is -1.10. The van der Waals surface area contributed by atoms with Crippen LogP contribution in [0, 0.1) is 0 Å². The zero-order chi connectivity index (χ0) is 19.3. The highest BCUT2D eigenvalue weighted by Crippen LogP contribution is 2.19. The van der Waals surface area contributed by atoms with Gasteiger partial charge in [0.15, 0.2) is 6.10 Å². The number of hydrogen-bond donors (Lipinski definition) is 1. The van der Waals surface area contributed by atoms with Crippen molar-refractivity contribution in [3.8, 4) is 0 Å². The lowest BCUT2D eigenvalue weighted by molar-refractivity contribution is 0.0320. The largest absolute Gasteiger partial charge is 0.451 e. The molecule has 0 saturated heterocycles. The molecule has 2 aromatic carbocycles. The number of anilines is 1. The lowest BCUT2D eigenvalue weighted by Crippen LogP contribution is -2.25. The minimum Gasteiger partial charge on any atom is -0.451 e. The number of benzene rings is 2. The van der Waals surface area contributed by atoms with Crippen molar-refractivity contribution < 1.29 is 22.7 Å². The fourth-order valence-corrected chi connectivity index (χ4v) is 2.94. The van der Waals surface area contributed by atoms with Crippen LogP contribution < -0.4 is 4.72 Å². The molecule has 2 aromatic rings. The number of carbonyl (C=O) groups is 2. The van der Waals surface area contributed by atoms with Crippen LogP contribution in [0.25, 0.3) is 0 Å². The molecule has 1 unspecified atom stereocenters. The Hall–Kier alpha value is -2.67. The van der Waals surface area contributed by atoms with Gasteiger partial charge in [0.2, 0.25) is 15.8 Å². The van der Waals surface area contributed by atoms with E-state index in [1.54, 1.807) is 24.3 Å². The molecule has 1 atom stereocenters. The lowest BCUT2D eigenvalue weighted by Gasteiger charge is -2.15. The number of nitrogens with one attached hydrogen (secondary N) is 1. The van der Waals surface area contributed by atoms with Crippen molar-refractivity contribution in [1.29, 1.82) is 0 Å². The van der Waals surface area contributed by atoms with Crippen molar-refractivity contribution in [2.75, 3.05) is 11.0 Å². The first-order valence-electron chi connectivity index (χ1n) is 8.12. The molecule has 138 valence electrons. The minimum absolute atomic E-state index is 0.0407. The number of ketones is 1. The quantitative estimate of drug-likeness (QED) is 0.593. The fraction of sp³-hybridized carbons (Fsp3) is 0.263. The van der Waals surface area contributed by atoms with E-state index in [1.807, 2.05) is 19.1 Å². The van der Waals surface area contributed by atoms with Crippen molar-refractivity contribution in [3.05, 3.63) is 65.2 Å². The fourth-order valence-electron chi connectivity index (χ4n) is 2.37. The standard InChI is InChI=1S/C19H21NO5S/c1-4-14-9-11-15(12-10-14)18(21)13(2)25-19(22)16-7-5-6-8-17(16)20-26(3,23)24/h5-13,20H,4H2,1-3H3. The second-order valence-electron chi connectivity index (χ2n) is 5.88. The smallest absolute Gasteiger partial charge is 0.340 e. The van der Waals surface area contributed by atoms with Crippen molar-refractivity contribution in [2.24, 2.45) is 0 Å². The Morgan fingerprint density at radius 1 is 1.08 bits per heavy atom. The molecule has 0 saturated carbocycles. The number of carbonyl (C=O) groups excluding carboxylic acids is 2. The second kappa shape index (κ2) is 8.14. The van der Waals surface area contributed by atoms with Crippen molar-refractivity contribution in [1.82, 2.24) is 0 Å². The zero-order valence-electron chi connectivity index (χ0n) is 14.9. The summed E-state index contributed by atoms with van der Waals surface area (Å²) >= 11 is 0. The summed E-state index contributed by atoms with van der Waals surface area (Å²) in [5.41, 5.74) is 1.70. The molecular formula is C19H21NO5S. The maximum Gasteiger partial charge on any atom is 0.340 e. The van der Waals surface area contributed by atoms with Crippen molar-refractivity contribution >= 4 is 27.5 Å². The van der Waals surface area contributed by atoms with Crippen LogP contribution >= 0.6 is 0 Å². The molecule has 0 spiro atoms. The van der Waals surface area contributed by atoms with Crippen LogP contribution in [0.4, 0.5) is 5.69 Å². The van der Waals surface area contributed by atoms with Gasteiger partial charge in [0.25, 0.3) is 0 Å². The molecule has 0 fully saturated rings. The molecule has 0 aliphatic carbocycles. The predicted molar refractivity (Wildman–Crippen MR) is 99.9 cm³/mol. The molecular weight excluding hydrogens is 354 g/mol. The first-order chi connectivity index (χ1) is 12.2. The third-order valence-electron chi connectivity index (χ3n) is 3.74. The van der Waals surface area contributed by atoms with E-state index < -0.39 is 22.1 Å². The van der Waals surface area contributed by atoms with E-state index in [-0.39, 0.29) is 17.0 Å². The van der Waals surface area contributed by atoms with Crippen LogP contribution in [-0.2, 0) is 21.2 Å². The van der Waals surface area contributed by atoms with E-state index in [4.69, 9.17) is 4.74 Å². The van der Waals surface area contributed by atoms with Crippen molar-refractivity contribution in [3.63, 3.8) is 0 Å². The van der Waals surface area contributed by atoms with Crippen LogP contribution in [0.3, 0.4) is 0 Å². The van der Waals surface area contributed by atoms with Gasteiger partial charge in [-0.1, -0.05) is 43.3 Å². The monoisotopic (exact) mass is 375 g/mol. The molecule has 0 heterocycles. The van der Waals surface area contributed by atoms with E-state index in [9.17, 15) is 18.0 Å². The van der Waals surface area contributed by atoms with Gasteiger partial charge in [0.1, 0.15) is 0 Å². The number of aryl methyl sites for hydroxylation is 1. The predicted octanol–water partition coefficient (Wildman–Crippen LogP) is 3.05. The Morgan fingerprint density at radius 2 is 1.69 bits per heavy atom. The summed E-state index contributed by atoms with van der Waals surface area (Å²) < 4.78 is 30.4. The molecule has 6 nitrogen and oxygen atoms in total. The summed E-state index contributed by atoms with van der Waals surface area (Å²) in [6.45, 7) is 3.50. The Bertz CT molecular complexity index is 904. The maximum atomic E-state index is 12.4. The number of rotatable bonds is 7. The minimum atomic E-state index is -3.55. The summed E-state index contributed by atoms with van der Waals surface area (Å²) in [6, 6.07) is 13.2. The molecule has 0 aliphatic rings. The molecule has 1 N–H and O–H groups in total. The Kier molecular flexibility index (Phi) is 6.15. The number of para-hydroxylation sites is 1. The molecule has 2 rings (SSSR count). The third kappa shape index (κ3) is 5.16. The highest BCUT2D eigenvalue weighted by molar-refractivity contribution is 7.92. The molecule has 0 aliphatic heterocycles. The molecule has 0 amide bonds. The summed E-state index contributed by atoms with van der Waals surface area (Å²) in [7, 11) is -3.55. The molecule has 7 heteroatoms. The van der Waals surface area contributed by atoms with Gasteiger partial charge in [-0.2, -0.15) is 0 Å². The molecule has 26 heavy (non-hydrogen) atoms. The normalized spacial score (nSPS) is 12.3. The molecule has 0 bridgehead atoms. The Balaban J connectivity index is 2.15. The number of sulfonamides is 1. The number of Topliss-reactive ketones (excluding diaryl/α,β-unsaturated/α-hetero) is 1. The van der Waals surface area contributed by atoms with Crippen LogP contribution in [0.1, 0.15) is 40.1 Å². The summed E-state index contributed by atoms with van der Waals surface area (Å²) in [4.78, 5) is 24.8. The van der Waals surface area contributed by atoms with Gasteiger partial charge in [0.05, 0.1) is 17.5 Å². The number of hydrogen-bond acceptors (Lipinski definition) is 5. The van der Waals surface area contributed by atoms with E-state index in [1.165, 1.54) is 19.1 Å². The SMILES string of the molecule is CCc1ccc(C(=O)C(C)OC(=O)c2ccccc2NS(C)(=O)=O)cc1. The van der Waals surface area contributed by atoms with Crippen LogP contribution in [0.5, 0.6) is 0 Å². The van der Waals surface area contributed by atoms with Crippen LogP contribution in [0.15, 0.2) is 48.5 Å². The Morgan fingerprint density at radius 3 is 2.27 bits per heavy atom. The zero-order valence-corrected chi connectivity index (χ0v) is 15.7. The molecule has 0 radical (unpaired) electrons. The van der Waals surface area contributed by atoms with Gasteiger partial charge < -0.3 is 4.74 Å². The number of esters is 1. The second-order valence-corrected chi connectivity index (χ2v) is 7.63.